The summed E-state index contributed by atoms with van der Waals surface area (Å²) in [7, 11) is -4.03. The Morgan fingerprint density at radius 3 is 2.33 bits per heavy atom. The molecule has 1 amide bonds. The van der Waals surface area contributed by atoms with Gasteiger partial charge in [0.15, 0.2) is 0 Å². The van der Waals surface area contributed by atoms with E-state index in [1.807, 2.05) is 0 Å². The topological polar surface area (TPSA) is 118 Å². The standard InChI is InChI=1S/C19H13ClFN3O5S/c20-17-11-13(4-9-18(17)21)22-19(25)12-2-1-3-14(10-12)23-30(28,29)16-7-5-15(6-8-16)24(26)27/h1-11,23H,(H,22,25). The molecule has 0 saturated heterocycles. The number of hydrogen-bond donors (Lipinski definition) is 2. The van der Waals surface area contributed by atoms with Gasteiger partial charge >= 0.3 is 0 Å². The van der Waals surface area contributed by atoms with Crippen LogP contribution in [0.1, 0.15) is 10.4 Å². The first-order valence-electron chi connectivity index (χ1n) is 8.29. The van der Waals surface area contributed by atoms with Gasteiger partial charge in [-0.3, -0.25) is 19.6 Å². The minimum atomic E-state index is -4.03. The van der Waals surface area contributed by atoms with Gasteiger partial charge in [0.2, 0.25) is 0 Å². The Kier molecular flexibility index (Phi) is 5.99. The Balaban J connectivity index is 1.78. The lowest BCUT2D eigenvalue weighted by Gasteiger charge is -2.10. The number of sulfonamides is 1. The lowest BCUT2D eigenvalue weighted by Crippen LogP contribution is -2.15. The fourth-order valence-electron chi connectivity index (χ4n) is 2.46. The summed E-state index contributed by atoms with van der Waals surface area (Å²) in [5.41, 5.74) is 0.272. The molecule has 0 radical (unpaired) electrons. The second-order valence-corrected chi connectivity index (χ2v) is 8.11. The maximum absolute atomic E-state index is 13.2. The van der Waals surface area contributed by atoms with Gasteiger partial charge in [0.25, 0.3) is 21.6 Å². The van der Waals surface area contributed by atoms with Crippen LogP contribution in [0.2, 0.25) is 5.02 Å². The highest BCUT2D eigenvalue weighted by Crippen LogP contribution is 2.22. The van der Waals surface area contributed by atoms with Crippen LogP contribution in [0.4, 0.5) is 21.5 Å². The predicted molar refractivity (Wildman–Crippen MR) is 110 cm³/mol. The van der Waals surface area contributed by atoms with E-state index in [-0.39, 0.29) is 32.5 Å². The van der Waals surface area contributed by atoms with E-state index >= 15 is 0 Å². The summed E-state index contributed by atoms with van der Waals surface area (Å²) < 4.78 is 40.5. The molecule has 0 heterocycles. The van der Waals surface area contributed by atoms with Crippen molar-refractivity contribution in [2.75, 3.05) is 10.0 Å². The minimum Gasteiger partial charge on any atom is -0.322 e. The van der Waals surface area contributed by atoms with Crippen molar-refractivity contribution in [3.05, 3.63) is 93.2 Å². The second-order valence-electron chi connectivity index (χ2n) is 6.02. The monoisotopic (exact) mass is 449 g/mol. The van der Waals surface area contributed by atoms with Gasteiger partial charge in [-0.15, -0.1) is 0 Å². The van der Waals surface area contributed by atoms with Crippen LogP contribution < -0.4 is 10.0 Å². The van der Waals surface area contributed by atoms with Crippen LogP contribution in [0.3, 0.4) is 0 Å². The quantitative estimate of drug-likeness (QED) is 0.426. The van der Waals surface area contributed by atoms with Crippen LogP contribution in [-0.2, 0) is 10.0 Å². The second kappa shape index (κ2) is 8.47. The van der Waals surface area contributed by atoms with Crippen molar-refractivity contribution < 1.29 is 22.5 Å². The molecule has 3 rings (SSSR count). The smallest absolute Gasteiger partial charge is 0.269 e. The Morgan fingerprint density at radius 1 is 1.00 bits per heavy atom. The molecule has 0 fully saturated rings. The van der Waals surface area contributed by atoms with Crippen molar-refractivity contribution in [2.24, 2.45) is 0 Å². The van der Waals surface area contributed by atoms with Crippen molar-refractivity contribution in [1.82, 2.24) is 0 Å². The highest BCUT2D eigenvalue weighted by Gasteiger charge is 2.17. The number of amides is 1. The molecule has 11 heteroatoms. The Labute approximate surface area is 175 Å². The summed E-state index contributed by atoms with van der Waals surface area (Å²) in [5.74, 6) is -1.19. The van der Waals surface area contributed by atoms with E-state index < -0.39 is 26.7 Å². The van der Waals surface area contributed by atoms with Crippen molar-refractivity contribution in [3.8, 4) is 0 Å². The molecule has 0 spiro atoms. The Morgan fingerprint density at radius 2 is 1.70 bits per heavy atom. The average Bonchev–Trinajstić information content (AvgIpc) is 2.70. The molecule has 0 saturated carbocycles. The molecule has 3 aromatic carbocycles. The van der Waals surface area contributed by atoms with E-state index in [0.717, 1.165) is 30.3 Å². The number of carbonyl (C=O) groups excluding carboxylic acids is 1. The number of nitrogens with one attached hydrogen (secondary N) is 2. The minimum absolute atomic E-state index is 0.109. The van der Waals surface area contributed by atoms with Crippen LogP contribution >= 0.6 is 11.6 Å². The number of nitro groups is 1. The van der Waals surface area contributed by atoms with Crippen molar-refractivity contribution in [3.63, 3.8) is 0 Å². The molecule has 30 heavy (non-hydrogen) atoms. The first kappa shape index (κ1) is 21.2. The lowest BCUT2D eigenvalue weighted by atomic mass is 10.2. The number of nitro benzene ring substituents is 1. The van der Waals surface area contributed by atoms with Gasteiger partial charge in [0, 0.05) is 29.1 Å². The van der Waals surface area contributed by atoms with E-state index in [9.17, 15) is 27.7 Å². The fraction of sp³-hybridized carbons (Fsp3) is 0. The predicted octanol–water partition coefficient (Wildman–Crippen LogP) is 4.44. The van der Waals surface area contributed by atoms with Gasteiger partial charge in [-0.1, -0.05) is 17.7 Å². The molecule has 8 nitrogen and oxygen atoms in total. The lowest BCUT2D eigenvalue weighted by molar-refractivity contribution is -0.384. The molecule has 0 aliphatic rings. The van der Waals surface area contributed by atoms with Crippen LogP contribution in [0.25, 0.3) is 0 Å². The SMILES string of the molecule is O=C(Nc1ccc(F)c(Cl)c1)c1cccc(NS(=O)(=O)c2ccc([N+](=O)[O-])cc2)c1. The maximum atomic E-state index is 13.2. The van der Waals surface area contributed by atoms with E-state index in [0.29, 0.717) is 0 Å². The molecule has 3 aromatic rings. The summed E-state index contributed by atoms with van der Waals surface area (Å²) in [5, 5.41) is 13.1. The highest BCUT2D eigenvalue weighted by molar-refractivity contribution is 7.92. The summed E-state index contributed by atoms with van der Waals surface area (Å²) >= 11 is 5.69. The molecular weight excluding hydrogens is 437 g/mol. The van der Waals surface area contributed by atoms with Gasteiger partial charge in [-0.05, 0) is 48.5 Å². The van der Waals surface area contributed by atoms with Crippen LogP contribution in [0, 0.1) is 15.9 Å². The van der Waals surface area contributed by atoms with Gasteiger partial charge < -0.3 is 5.32 Å². The number of halogens is 2. The van der Waals surface area contributed by atoms with Crippen molar-refractivity contribution >= 4 is 44.6 Å². The van der Waals surface area contributed by atoms with Crippen LogP contribution in [0.15, 0.2) is 71.6 Å². The van der Waals surface area contributed by atoms with Crippen molar-refractivity contribution in [2.45, 2.75) is 4.90 Å². The average molecular weight is 450 g/mol. The zero-order chi connectivity index (χ0) is 21.9. The van der Waals surface area contributed by atoms with Crippen LogP contribution in [0.5, 0.6) is 0 Å². The molecule has 0 unspecified atom stereocenters. The third kappa shape index (κ3) is 4.91. The Bertz CT molecular complexity index is 1230. The molecule has 0 bridgehead atoms. The van der Waals surface area contributed by atoms with Gasteiger partial charge in [-0.25, -0.2) is 12.8 Å². The summed E-state index contributed by atoms with van der Waals surface area (Å²) in [6.45, 7) is 0. The molecule has 2 N–H and O–H groups in total. The summed E-state index contributed by atoms with van der Waals surface area (Å²) in [6.07, 6.45) is 0. The van der Waals surface area contributed by atoms with Gasteiger partial charge in [0.05, 0.1) is 14.8 Å². The largest absolute Gasteiger partial charge is 0.322 e. The molecule has 0 aliphatic heterocycles. The molecule has 0 atom stereocenters. The van der Waals surface area contributed by atoms with Crippen molar-refractivity contribution in [1.29, 1.82) is 0 Å². The number of nitrogens with zero attached hydrogens (tertiary/aromatic N) is 1. The van der Waals surface area contributed by atoms with Crippen LogP contribution in [-0.4, -0.2) is 19.2 Å². The third-order valence-corrected chi connectivity index (χ3v) is 5.60. The van der Waals surface area contributed by atoms with E-state index in [1.54, 1.807) is 0 Å². The first-order chi connectivity index (χ1) is 14.2. The third-order valence-electron chi connectivity index (χ3n) is 3.91. The zero-order valence-electron chi connectivity index (χ0n) is 15.0. The summed E-state index contributed by atoms with van der Waals surface area (Å²) in [4.78, 5) is 22.3. The molecule has 0 aromatic heterocycles. The Hall–Kier alpha value is -3.50. The molecule has 154 valence electrons. The number of rotatable bonds is 6. The van der Waals surface area contributed by atoms with Gasteiger partial charge in [-0.2, -0.15) is 0 Å². The fourth-order valence-corrected chi connectivity index (χ4v) is 3.69. The molecule has 0 aliphatic carbocycles. The van der Waals surface area contributed by atoms with E-state index in [2.05, 4.69) is 10.0 Å². The van der Waals surface area contributed by atoms with E-state index in [4.69, 9.17) is 11.6 Å². The zero-order valence-corrected chi connectivity index (χ0v) is 16.6. The number of hydrogen-bond acceptors (Lipinski definition) is 5. The number of anilines is 2. The highest BCUT2D eigenvalue weighted by atomic mass is 35.5. The maximum Gasteiger partial charge on any atom is 0.269 e. The normalized spacial score (nSPS) is 11.0. The first-order valence-corrected chi connectivity index (χ1v) is 10.2. The van der Waals surface area contributed by atoms with Gasteiger partial charge in [0.1, 0.15) is 5.82 Å². The molecular formula is C19H13ClFN3O5S. The number of non-ortho nitro benzene ring substituents is 1. The number of carbonyl (C=O) groups is 1. The van der Waals surface area contributed by atoms with E-state index in [1.165, 1.54) is 36.4 Å². The number of benzene rings is 3. The summed E-state index contributed by atoms with van der Waals surface area (Å²) in [6, 6.07) is 13.7.